The van der Waals surface area contributed by atoms with Crippen molar-refractivity contribution >= 4 is 0 Å². The van der Waals surface area contributed by atoms with E-state index in [4.69, 9.17) is 23.7 Å². The fourth-order valence-electron chi connectivity index (χ4n) is 15.8. The van der Waals surface area contributed by atoms with Gasteiger partial charge < -0.3 is 90.1 Å². The van der Waals surface area contributed by atoms with E-state index < -0.39 is 144 Å². The summed E-state index contributed by atoms with van der Waals surface area (Å²) in [5.74, 6) is -0.687. The molecule has 3 heterocycles. The minimum Gasteiger partial charge on any atom is -0.396 e. The lowest BCUT2D eigenvalue weighted by Gasteiger charge is -2.73. The molecule has 0 bridgehead atoms. The smallest absolute Gasteiger partial charge is 0.187 e. The third-order valence-electron chi connectivity index (χ3n) is 20.2. The van der Waals surface area contributed by atoms with Crippen molar-refractivity contribution in [3.8, 4) is 0 Å². The number of fused-ring (bicyclic) bond motifs is 7. The van der Waals surface area contributed by atoms with E-state index in [1.54, 1.807) is 0 Å². The Morgan fingerprint density at radius 2 is 1.30 bits per heavy atom. The molecular formula is C49H82O18. The molecule has 0 aromatic heterocycles. The maximum absolute atomic E-state index is 12.6. The first kappa shape index (κ1) is 52.3. The summed E-state index contributed by atoms with van der Waals surface area (Å²) in [6.07, 6.45) is -16.5. The van der Waals surface area contributed by atoms with Gasteiger partial charge in [0.25, 0.3) is 0 Å². The molecule has 3 aliphatic heterocycles. The van der Waals surface area contributed by atoms with Crippen LogP contribution in [0.3, 0.4) is 0 Å². The normalized spacial score (nSPS) is 56.5. The summed E-state index contributed by atoms with van der Waals surface area (Å²) in [6, 6.07) is 0. The molecule has 7 fully saturated rings. The summed E-state index contributed by atoms with van der Waals surface area (Å²) in [5, 5.41) is 144. The fourth-order valence-corrected chi connectivity index (χ4v) is 15.8. The van der Waals surface area contributed by atoms with E-state index in [9.17, 15) is 66.4 Å². The first-order valence-corrected chi connectivity index (χ1v) is 24.9. The highest BCUT2D eigenvalue weighted by Gasteiger charge is 2.72. The summed E-state index contributed by atoms with van der Waals surface area (Å²) in [7, 11) is 0. The Labute approximate surface area is 393 Å². The maximum atomic E-state index is 12.6. The van der Waals surface area contributed by atoms with Crippen LogP contribution in [0.4, 0.5) is 0 Å². The second-order valence-electron chi connectivity index (χ2n) is 24.1. The highest BCUT2D eigenvalue weighted by atomic mass is 16.7. The monoisotopic (exact) mass is 959 g/mol. The molecule has 8 rings (SSSR count). The van der Waals surface area contributed by atoms with Gasteiger partial charge in [-0.3, -0.25) is 0 Å². The fraction of sp³-hybridized carbons (Fsp3) is 0.959. The third-order valence-corrected chi connectivity index (χ3v) is 20.2. The Hall–Kier alpha value is -0.980. The second kappa shape index (κ2) is 18.5. The van der Waals surface area contributed by atoms with Crippen molar-refractivity contribution in [3.63, 3.8) is 0 Å². The summed E-state index contributed by atoms with van der Waals surface area (Å²) in [6.45, 7) is 13.2. The van der Waals surface area contributed by atoms with Crippen molar-refractivity contribution in [2.45, 2.75) is 210 Å². The average molecular weight is 959 g/mol. The molecule has 0 spiro atoms. The molecule has 3 saturated heterocycles. The molecule has 5 aliphatic carbocycles. The first-order valence-electron chi connectivity index (χ1n) is 24.9. The molecule has 18 nitrogen and oxygen atoms in total. The van der Waals surface area contributed by atoms with Crippen LogP contribution in [0.1, 0.15) is 106 Å². The van der Waals surface area contributed by atoms with Gasteiger partial charge in [0.05, 0.1) is 44.2 Å². The van der Waals surface area contributed by atoms with Gasteiger partial charge in [0.2, 0.25) is 0 Å². The second-order valence-corrected chi connectivity index (χ2v) is 24.1. The minimum atomic E-state index is -1.77. The van der Waals surface area contributed by atoms with Crippen molar-refractivity contribution in [1.29, 1.82) is 0 Å². The zero-order chi connectivity index (χ0) is 49.1. The average Bonchev–Trinajstić information content (AvgIpc) is 3.27. The Morgan fingerprint density at radius 3 is 1.96 bits per heavy atom. The number of hydrogen-bond donors (Lipinski definition) is 13. The van der Waals surface area contributed by atoms with Gasteiger partial charge in [-0.05, 0) is 110 Å². The summed E-state index contributed by atoms with van der Waals surface area (Å²) in [4.78, 5) is 0. The standard InChI is InChI=1S/C49H82O18/c1-22-32(55)35(58)39(62)43(64-22)67-40-29(19-63-42-38(61)36(59)34(57)28(18-50)66-42)65-27(33(56)37(40)60)14-23-8-10-45(4)30(46(23,5)20-51)9-11-47(6)41(45)26(53)15-24-25-16-44(2,3)12-13-49(25,21-52)31(54)17-48(24,47)7/h15,22-23,25-43,50-62H,8-14,16-21H2,1-7H3/t22-,23+,25-,26+,27-,28+,29+,30+,31-,32-,33-,34+,35+,36-,37+,38+,39+,40+,41+,42+,43-,45-,46+,47+,48+,49+/m0/s1. The van der Waals surface area contributed by atoms with Crippen LogP contribution < -0.4 is 0 Å². The van der Waals surface area contributed by atoms with Crippen LogP contribution in [0.5, 0.6) is 0 Å². The van der Waals surface area contributed by atoms with Gasteiger partial charge in [-0.1, -0.05) is 53.2 Å². The molecule has 0 radical (unpaired) electrons. The van der Waals surface area contributed by atoms with E-state index in [2.05, 4.69) is 40.7 Å². The van der Waals surface area contributed by atoms with E-state index in [0.29, 0.717) is 25.7 Å². The lowest BCUT2D eigenvalue weighted by atomic mass is 9.32. The topological polar surface area (TPSA) is 309 Å². The van der Waals surface area contributed by atoms with E-state index in [1.165, 1.54) is 6.92 Å². The zero-order valence-corrected chi connectivity index (χ0v) is 40.2. The SMILES string of the molecule is C[C@@H]1O[C@@H](O[C@H]2[C@H](O)[C@@H](O)[C@H](C[C@H]3CC[C@@]4(C)[C@@H](CC[C@]5(C)[C@@H]4[C@H](O)C=C4[C@@H]6CC(C)(C)CC[C@]6(CO)[C@@H](O)C[C@]45C)[C@]3(C)CO)O[C@@H]2CO[C@@H]2O[C@H](CO)[C@@H](O)[C@H](O)[C@H]2O)[C@H](O)[C@H](O)[C@H]1O. The van der Waals surface area contributed by atoms with Gasteiger partial charge >= 0.3 is 0 Å². The van der Waals surface area contributed by atoms with E-state index in [-0.39, 0.29) is 48.7 Å². The largest absolute Gasteiger partial charge is 0.396 e. The van der Waals surface area contributed by atoms with Crippen molar-refractivity contribution in [2.24, 2.45) is 56.2 Å². The van der Waals surface area contributed by atoms with Gasteiger partial charge in [-0.2, -0.15) is 0 Å². The molecule has 26 atom stereocenters. The molecule has 67 heavy (non-hydrogen) atoms. The predicted octanol–water partition coefficient (Wildman–Crippen LogP) is -0.781. The number of rotatable bonds is 10. The van der Waals surface area contributed by atoms with Gasteiger partial charge in [0.1, 0.15) is 67.1 Å². The molecule has 0 aromatic carbocycles. The quantitative estimate of drug-likeness (QED) is 0.120. The Kier molecular flexibility index (Phi) is 14.5. The molecule has 0 aromatic rings. The van der Waals surface area contributed by atoms with E-state index in [1.807, 2.05) is 6.92 Å². The molecule has 8 aliphatic rings. The van der Waals surface area contributed by atoms with Gasteiger partial charge in [-0.25, -0.2) is 0 Å². The molecule has 13 N–H and O–H groups in total. The van der Waals surface area contributed by atoms with Crippen LogP contribution >= 0.6 is 0 Å². The van der Waals surface area contributed by atoms with Crippen LogP contribution in [0.15, 0.2) is 11.6 Å². The number of ether oxygens (including phenoxy) is 5. The third kappa shape index (κ3) is 8.15. The van der Waals surface area contributed by atoms with Crippen LogP contribution in [0, 0.1) is 56.2 Å². The molecule has 386 valence electrons. The lowest BCUT2D eigenvalue weighted by molar-refractivity contribution is -0.348. The van der Waals surface area contributed by atoms with Crippen LogP contribution in [-0.4, -0.2) is 197 Å². The van der Waals surface area contributed by atoms with Gasteiger partial charge in [0, 0.05) is 17.9 Å². The zero-order valence-electron chi connectivity index (χ0n) is 40.2. The van der Waals surface area contributed by atoms with Crippen molar-refractivity contribution in [3.05, 3.63) is 11.6 Å². The lowest BCUT2D eigenvalue weighted by Crippen LogP contribution is -2.69. The summed E-state index contributed by atoms with van der Waals surface area (Å²) >= 11 is 0. The summed E-state index contributed by atoms with van der Waals surface area (Å²) in [5.41, 5.74) is -1.64. The van der Waals surface area contributed by atoms with Gasteiger partial charge in [-0.15, -0.1) is 0 Å². The molecular weight excluding hydrogens is 877 g/mol. The Bertz CT molecular complexity index is 1790. The van der Waals surface area contributed by atoms with Crippen molar-refractivity contribution in [1.82, 2.24) is 0 Å². The number of hydrogen-bond acceptors (Lipinski definition) is 18. The molecule has 0 amide bonds. The molecule has 0 unspecified atom stereocenters. The van der Waals surface area contributed by atoms with Crippen LogP contribution in [0.2, 0.25) is 0 Å². The van der Waals surface area contributed by atoms with Crippen LogP contribution in [0.25, 0.3) is 0 Å². The maximum Gasteiger partial charge on any atom is 0.187 e. The summed E-state index contributed by atoms with van der Waals surface area (Å²) < 4.78 is 29.7. The minimum absolute atomic E-state index is 0.00577. The van der Waals surface area contributed by atoms with Crippen LogP contribution in [-0.2, 0) is 23.7 Å². The number of aliphatic hydroxyl groups is 13. The number of aliphatic hydroxyl groups excluding tert-OH is 13. The van der Waals surface area contributed by atoms with Gasteiger partial charge in [0.15, 0.2) is 12.6 Å². The predicted molar refractivity (Wildman–Crippen MR) is 236 cm³/mol. The highest BCUT2D eigenvalue weighted by Crippen LogP contribution is 2.76. The highest BCUT2D eigenvalue weighted by molar-refractivity contribution is 5.37. The van der Waals surface area contributed by atoms with E-state index >= 15 is 0 Å². The Balaban J connectivity index is 1.06. The van der Waals surface area contributed by atoms with Crippen molar-refractivity contribution < 1.29 is 90.1 Å². The van der Waals surface area contributed by atoms with Crippen molar-refractivity contribution in [2.75, 3.05) is 26.4 Å². The Morgan fingerprint density at radius 1 is 0.642 bits per heavy atom. The van der Waals surface area contributed by atoms with E-state index in [0.717, 1.165) is 31.3 Å². The number of allylic oxidation sites excluding steroid dienone is 1. The molecule has 18 heteroatoms. The molecule has 4 saturated carbocycles. The first-order chi connectivity index (χ1) is 31.3.